The van der Waals surface area contributed by atoms with Crippen LogP contribution < -0.4 is 0 Å². The van der Waals surface area contributed by atoms with Crippen molar-refractivity contribution in [1.29, 1.82) is 0 Å². The van der Waals surface area contributed by atoms with Crippen molar-refractivity contribution >= 4 is 5.97 Å². The first-order chi connectivity index (χ1) is 12.1. The average Bonchev–Trinajstić information content (AvgIpc) is 3.04. The maximum atomic E-state index is 12.0. The van der Waals surface area contributed by atoms with Crippen LogP contribution >= 0.6 is 0 Å². The number of esters is 1. The monoisotopic (exact) mass is 362 g/mol. The van der Waals surface area contributed by atoms with E-state index in [0.29, 0.717) is 19.3 Å². The van der Waals surface area contributed by atoms with Gasteiger partial charge in [0.25, 0.3) is 0 Å². The Balaban J connectivity index is 1.71. The van der Waals surface area contributed by atoms with Crippen LogP contribution in [0, 0.1) is 17.3 Å². The third kappa shape index (κ3) is 1.47. The van der Waals surface area contributed by atoms with Crippen molar-refractivity contribution in [3.8, 4) is 0 Å². The molecule has 0 aromatic carbocycles. The summed E-state index contributed by atoms with van der Waals surface area (Å²) in [6.07, 6.45) is 3.02. The summed E-state index contributed by atoms with van der Waals surface area (Å²) in [5.74, 6) is -0.458. The van der Waals surface area contributed by atoms with Gasteiger partial charge in [-0.15, -0.1) is 0 Å². The summed E-state index contributed by atoms with van der Waals surface area (Å²) in [5.41, 5.74) is -3.46. The van der Waals surface area contributed by atoms with Crippen molar-refractivity contribution in [2.24, 2.45) is 17.3 Å². The van der Waals surface area contributed by atoms with Crippen LogP contribution in [0.5, 0.6) is 0 Å². The molecule has 1 saturated heterocycles. The number of fused-ring (bicyclic) bond motifs is 4. The predicted molar refractivity (Wildman–Crippen MR) is 90.9 cm³/mol. The van der Waals surface area contributed by atoms with Gasteiger partial charge in [0.05, 0.1) is 6.10 Å². The van der Waals surface area contributed by atoms with E-state index in [0.717, 1.165) is 11.1 Å². The summed E-state index contributed by atoms with van der Waals surface area (Å²) >= 11 is 0. The second kappa shape index (κ2) is 4.61. The van der Waals surface area contributed by atoms with Gasteiger partial charge >= 0.3 is 5.97 Å². The number of hydrogen-bond donors (Lipinski definition) is 3. The zero-order valence-corrected chi connectivity index (χ0v) is 15.4. The molecule has 0 unspecified atom stereocenters. The maximum absolute atomic E-state index is 12.0. The van der Waals surface area contributed by atoms with Crippen LogP contribution in [-0.2, 0) is 14.3 Å². The average molecular weight is 362 g/mol. The van der Waals surface area contributed by atoms with Crippen LogP contribution in [0.25, 0.3) is 0 Å². The highest BCUT2D eigenvalue weighted by atomic mass is 16.6. The van der Waals surface area contributed by atoms with Gasteiger partial charge in [0, 0.05) is 11.0 Å². The van der Waals surface area contributed by atoms with Gasteiger partial charge in [-0.05, 0) is 36.7 Å². The maximum Gasteiger partial charge on any atom is 0.334 e. The van der Waals surface area contributed by atoms with Gasteiger partial charge in [0.15, 0.2) is 5.60 Å². The smallest absolute Gasteiger partial charge is 0.334 e. The summed E-state index contributed by atoms with van der Waals surface area (Å²) in [6.45, 7) is 6.09. The Bertz CT molecular complexity index is 770. The first kappa shape index (κ1) is 16.9. The molecule has 0 aromatic heterocycles. The van der Waals surface area contributed by atoms with Gasteiger partial charge in [-0.1, -0.05) is 32.9 Å². The number of hydrogen-bond acceptors (Lipinski definition) is 6. The molecular weight excluding hydrogens is 336 g/mol. The molecule has 0 aromatic rings. The van der Waals surface area contributed by atoms with Crippen LogP contribution in [0.15, 0.2) is 23.3 Å². The van der Waals surface area contributed by atoms with Gasteiger partial charge < -0.3 is 24.8 Å². The lowest BCUT2D eigenvalue weighted by atomic mass is 9.45. The second-order valence-corrected chi connectivity index (χ2v) is 9.23. The fourth-order valence-corrected chi connectivity index (χ4v) is 6.45. The number of ether oxygens (including phenoxy) is 2. The Hall–Kier alpha value is -1.21. The Morgan fingerprint density at radius 2 is 2.00 bits per heavy atom. The molecule has 6 heteroatoms. The van der Waals surface area contributed by atoms with Crippen LogP contribution in [0.1, 0.15) is 40.0 Å². The molecule has 5 rings (SSSR count). The standard InChI is InChI=1S/C20H26O6/c1-10(2)18-6-7-19(23)17(3)5-4-11-12(9-25-15(11)21)13(17)8-14(26-18)20(19,24)16(18)22/h6-7,10,13-14,16,22-24H,4-5,8-9H2,1-3H3/t13-,14-,16+,17-,18+,19+,20+/m0/s1. The Labute approximate surface area is 152 Å². The molecule has 1 saturated carbocycles. The van der Waals surface area contributed by atoms with E-state index in [1.54, 1.807) is 12.2 Å². The molecule has 5 aliphatic rings. The van der Waals surface area contributed by atoms with Crippen LogP contribution in [0.2, 0.25) is 0 Å². The van der Waals surface area contributed by atoms with E-state index in [2.05, 4.69) is 0 Å². The largest absolute Gasteiger partial charge is 0.458 e. The van der Waals surface area contributed by atoms with E-state index >= 15 is 0 Å². The molecule has 7 atom stereocenters. The lowest BCUT2D eigenvalue weighted by molar-refractivity contribution is -0.267. The molecule has 2 bridgehead atoms. The molecule has 142 valence electrons. The van der Waals surface area contributed by atoms with E-state index in [-0.39, 0.29) is 24.4 Å². The van der Waals surface area contributed by atoms with E-state index in [1.165, 1.54) is 0 Å². The fraction of sp³-hybridized carbons (Fsp3) is 0.750. The zero-order chi connectivity index (χ0) is 18.7. The van der Waals surface area contributed by atoms with Gasteiger partial charge in [0.2, 0.25) is 0 Å². The van der Waals surface area contributed by atoms with Crippen molar-refractivity contribution in [1.82, 2.24) is 0 Å². The van der Waals surface area contributed by atoms with Crippen LogP contribution in [0.4, 0.5) is 0 Å². The van der Waals surface area contributed by atoms with Crippen LogP contribution in [-0.4, -0.2) is 56.9 Å². The number of aliphatic hydroxyl groups is 3. The molecule has 2 heterocycles. The topological polar surface area (TPSA) is 96.2 Å². The summed E-state index contributed by atoms with van der Waals surface area (Å²) in [5, 5.41) is 34.6. The molecule has 26 heavy (non-hydrogen) atoms. The second-order valence-electron chi connectivity index (χ2n) is 9.23. The molecule has 0 amide bonds. The van der Waals surface area contributed by atoms with E-state index in [1.807, 2.05) is 20.8 Å². The molecule has 0 spiro atoms. The van der Waals surface area contributed by atoms with Crippen molar-refractivity contribution in [3.05, 3.63) is 23.3 Å². The third-order valence-electron chi connectivity index (χ3n) is 8.18. The van der Waals surface area contributed by atoms with E-state index in [9.17, 15) is 20.1 Å². The number of carbonyl (C=O) groups excluding carboxylic acids is 1. The highest BCUT2D eigenvalue weighted by Crippen LogP contribution is 2.67. The lowest BCUT2D eigenvalue weighted by Gasteiger charge is -2.62. The van der Waals surface area contributed by atoms with Gasteiger partial charge in [-0.2, -0.15) is 0 Å². The highest BCUT2D eigenvalue weighted by Gasteiger charge is 2.80. The lowest BCUT2D eigenvalue weighted by Crippen LogP contribution is -2.77. The predicted octanol–water partition coefficient (Wildman–Crippen LogP) is 0.846. The molecule has 2 fully saturated rings. The molecule has 3 aliphatic carbocycles. The number of cyclic esters (lactones) is 1. The molecule has 0 radical (unpaired) electrons. The van der Waals surface area contributed by atoms with Crippen molar-refractivity contribution in [2.75, 3.05) is 6.61 Å². The normalized spacial score (nSPS) is 54.4. The zero-order valence-electron chi connectivity index (χ0n) is 15.4. The number of carbonyl (C=O) groups is 1. The third-order valence-corrected chi connectivity index (χ3v) is 8.18. The van der Waals surface area contributed by atoms with E-state index in [4.69, 9.17) is 9.47 Å². The summed E-state index contributed by atoms with van der Waals surface area (Å²) in [6, 6.07) is 0. The minimum absolute atomic E-state index is 0.0612. The van der Waals surface area contributed by atoms with Crippen LogP contribution in [0.3, 0.4) is 0 Å². The van der Waals surface area contributed by atoms with Gasteiger partial charge in [-0.3, -0.25) is 0 Å². The summed E-state index contributed by atoms with van der Waals surface area (Å²) < 4.78 is 11.5. The summed E-state index contributed by atoms with van der Waals surface area (Å²) in [4.78, 5) is 12.0. The van der Waals surface area contributed by atoms with Crippen molar-refractivity contribution in [2.45, 2.75) is 69.0 Å². The number of aliphatic hydroxyl groups excluding tert-OH is 1. The Morgan fingerprint density at radius 3 is 2.69 bits per heavy atom. The Kier molecular flexibility index (Phi) is 3.00. The molecular formula is C20H26O6. The minimum atomic E-state index is -1.77. The summed E-state index contributed by atoms with van der Waals surface area (Å²) in [7, 11) is 0. The Morgan fingerprint density at radius 1 is 1.27 bits per heavy atom. The van der Waals surface area contributed by atoms with Crippen molar-refractivity contribution < 1.29 is 29.6 Å². The quantitative estimate of drug-likeness (QED) is 0.473. The van der Waals surface area contributed by atoms with Gasteiger partial charge in [0.1, 0.15) is 23.9 Å². The first-order valence-electron chi connectivity index (χ1n) is 9.52. The molecule has 6 nitrogen and oxygen atoms in total. The number of rotatable bonds is 1. The molecule has 2 aliphatic heterocycles. The SMILES string of the molecule is CC(C)[C@@]12C=C[C@]3(O)[C@@](O)([C@H](C[C@H]4C5=C(CC[C@@]43C)C(=O)OC5)O1)[C@@H]2O. The minimum Gasteiger partial charge on any atom is -0.458 e. The fourth-order valence-electron chi connectivity index (χ4n) is 6.45. The van der Waals surface area contributed by atoms with E-state index < -0.39 is 34.4 Å². The van der Waals surface area contributed by atoms with Gasteiger partial charge in [-0.25, -0.2) is 4.79 Å². The molecule has 3 N–H and O–H groups in total. The van der Waals surface area contributed by atoms with Crippen molar-refractivity contribution in [3.63, 3.8) is 0 Å². The highest BCUT2D eigenvalue weighted by molar-refractivity contribution is 5.92. The first-order valence-corrected chi connectivity index (χ1v) is 9.52.